The number of carbonyl (C=O) groups is 1. The Morgan fingerprint density at radius 2 is 1.21 bits per heavy atom. The molecule has 1 aromatic carbocycles. The van der Waals surface area contributed by atoms with Gasteiger partial charge in [0.05, 0.1) is 63.0 Å². The highest BCUT2D eigenvalue weighted by Gasteiger charge is 2.70. The summed E-state index contributed by atoms with van der Waals surface area (Å²) >= 11 is 0. The number of hydrogen-bond acceptors (Lipinski definition) is 25. The molecule has 10 fully saturated rings. The Morgan fingerprint density at radius 1 is 0.573 bits per heavy atom. The molecule has 6 heterocycles. The summed E-state index contributed by atoms with van der Waals surface area (Å²) in [7, 11) is 0. The molecular weight excluding hydrogens is 1080 g/mol. The molecule has 25 heteroatoms. The zero-order valence-corrected chi connectivity index (χ0v) is 46.6. The van der Waals surface area contributed by atoms with Crippen LogP contribution in [0.5, 0.6) is 0 Å². The maximum absolute atomic E-state index is 12.9. The highest BCUT2D eigenvalue weighted by atomic mass is 16.8. The third-order valence-corrected chi connectivity index (χ3v) is 21.3. The van der Waals surface area contributed by atoms with Crippen LogP contribution in [-0.4, -0.2) is 252 Å². The highest BCUT2D eigenvalue weighted by molar-refractivity contribution is 5.89. The van der Waals surface area contributed by atoms with Gasteiger partial charge in [-0.05, 0) is 103 Å². The van der Waals surface area contributed by atoms with Gasteiger partial charge in [-0.15, -0.1) is 0 Å². The third kappa shape index (κ3) is 10.7. The Morgan fingerprint density at radius 3 is 1.90 bits per heavy atom. The summed E-state index contributed by atoms with van der Waals surface area (Å²) in [6, 6.07) is 7.81. The van der Waals surface area contributed by atoms with Crippen LogP contribution in [-0.2, 0) is 52.1 Å². The van der Waals surface area contributed by atoms with Crippen LogP contribution in [0.25, 0.3) is 0 Å². The molecule has 1 aromatic rings. The molecule has 13 N–H and O–H groups in total. The maximum atomic E-state index is 12.9. The van der Waals surface area contributed by atoms with Gasteiger partial charge < -0.3 is 118 Å². The smallest absolute Gasteiger partial charge is 0.338 e. The van der Waals surface area contributed by atoms with E-state index in [2.05, 4.69) is 27.7 Å². The summed E-state index contributed by atoms with van der Waals surface area (Å²) in [5.74, 6) is 0.0658. The van der Waals surface area contributed by atoms with Gasteiger partial charge >= 0.3 is 5.97 Å². The van der Waals surface area contributed by atoms with E-state index in [4.69, 9.17) is 52.1 Å². The van der Waals surface area contributed by atoms with Crippen molar-refractivity contribution in [3.63, 3.8) is 0 Å². The molecule has 464 valence electrons. The molecule has 6 aliphatic heterocycles. The van der Waals surface area contributed by atoms with Crippen LogP contribution < -0.4 is 0 Å². The number of hydrogen-bond donors (Lipinski definition) is 13. The molecule has 10 aliphatic rings. The molecule has 0 bridgehead atoms. The predicted octanol–water partition coefficient (Wildman–Crippen LogP) is -2.46. The van der Waals surface area contributed by atoms with Crippen molar-refractivity contribution in [1.82, 2.24) is 0 Å². The van der Waals surface area contributed by atoms with E-state index in [1.807, 2.05) is 0 Å². The fraction of sp³-hybridized carbons (Fsp3) is 0.877. The van der Waals surface area contributed by atoms with E-state index >= 15 is 0 Å². The first-order valence-corrected chi connectivity index (χ1v) is 29.5. The average molecular weight is 1170 g/mol. The second-order valence-electron chi connectivity index (χ2n) is 25.9. The fourth-order valence-corrected chi connectivity index (χ4v) is 16.8. The lowest BCUT2D eigenvalue weighted by Gasteiger charge is -2.63. The zero-order valence-electron chi connectivity index (χ0n) is 46.6. The largest absolute Gasteiger partial charge is 0.453 e. The molecule has 1 spiro atoms. The highest BCUT2D eigenvalue weighted by Crippen LogP contribution is 2.71. The molecule has 25 nitrogen and oxygen atoms in total. The lowest BCUT2D eigenvalue weighted by atomic mass is 9.43. The van der Waals surface area contributed by atoms with Crippen molar-refractivity contribution in [1.29, 1.82) is 0 Å². The number of rotatable bonds is 13. The van der Waals surface area contributed by atoms with Crippen molar-refractivity contribution >= 4 is 5.97 Å². The Bertz CT molecular complexity index is 2310. The van der Waals surface area contributed by atoms with Crippen LogP contribution in [0, 0.1) is 52.3 Å². The molecule has 0 amide bonds. The quantitative estimate of drug-likeness (QED) is 0.0719. The number of fused-ring (bicyclic) bond motifs is 7. The standard InChI is InChI=1S/C57H86O25/c1-23-10-13-57(73-21-23)24(2)38-33(82-57)15-28-26-14-30(61)29-16-32(31(62)17-56(29,4)27(26)11-12-55(28,38)3)75-52-46(70)43(67)47(36(20-60)78-52)79-54-49(81-53-45(69)42(66)39(63)34(18-58)76-53)48(41(65)35(19-59)77-54)80-51-44(68)40(64)37(22-72-51)74-50(71)25-8-6-5-7-9-25/h5-9,23-24,26-49,51-54,58-70H,10-22H2,1-4H3/t23-,24?,26?,27?,28?,29-,30-,31-,32-,33?,34-,35-,36-,37-,38?,39-,40+,41-,42+,43-,44-,45-,46-,47+,48+,49-,51+,52-,53+,54+,55+,56-,57-/m1/s1. The van der Waals surface area contributed by atoms with Crippen LogP contribution in [0.3, 0.4) is 0 Å². The van der Waals surface area contributed by atoms with E-state index in [-0.39, 0.29) is 53.6 Å². The van der Waals surface area contributed by atoms with Crippen LogP contribution >= 0.6 is 0 Å². The number of ether oxygens (including phenoxy) is 11. The lowest BCUT2D eigenvalue weighted by Crippen LogP contribution is -2.68. The number of benzene rings is 1. The predicted molar refractivity (Wildman–Crippen MR) is 275 cm³/mol. The molecule has 0 aromatic heterocycles. The summed E-state index contributed by atoms with van der Waals surface area (Å²) in [4.78, 5) is 12.9. The molecule has 33 atom stereocenters. The zero-order chi connectivity index (χ0) is 58.5. The molecule has 11 rings (SSSR count). The summed E-state index contributed by atoms with van der Waals surface area (Å²) in [5, 5.41) is 146. The Kier molecular flexibility index (Phi) is 18.0. The van der Waals surface area contributed by atoms with Gasteiger partial charge in [-0.2, -0.15) is 0 Å². The summed E-state index contributed by atoms with van der Waals surface area (Å²) < 4.78 is 67.1. The normalized spacial score (nSPS) is 53.9. The minimum absolute atomic E-state index is 0.00612. The first kappa shape index (κ1) is 61.4. The molecular formula is C57H86O25. The minimum Gasteiger partial charge on any atom is -0.453 e. The second-order valence-corrected chi connectivity index (χ2v) is 25.9. The molecule has 6 unspecified atom stereocenters. The fourth-order valence-electron chi connectivity index (χ4n) is 16.8. The molecule has 4 aliphatic carbocycles. The van der Waals surface area contributed by atoms with E-state index in [1.54, 1.807) is 18.2 Å². The summed E-state index contributed by atoms with van der Waals surface area (Å²) in [6.45, 7) is 6.50. The van der Waals surface area contributed by atoms with Gasteiger partial charge in [-0.25, -0.2) is 4.79 Å². The van der Waals surface area contributed by atoms with Gasteiger partial charge in [0.15, 0.2) is 37.1 Å². The molecule has 4 saturated carbocycles. The van der Waals surface area contributed by atoms with Crippen molar-refractivity contribution in [3.8, 4) is 0 Å². The molecule has 6 saturated heterocycles. The minimum atomic E-state index is -2.07. The first-order valence-electron chi connectivity index (χ1n) is 29.5. The van der Waals surface area contributed by atoms with E-state index < -0.39 is 179 Å². The number of aliphatic hydroxyl groups is 13. The van der Waals surface area contributed by atoms with Crippen molar-refractivity contribution in [2.75, 3.05) is 33.0 Å². The van der Waals surface area contributed by atoms with E-state index in [0.29, 0.717) is 30.8 Å². The van der Waals surface area contributed by atoms with Crippen LogP contribution in [0.4, 0.5) is 0 Å². The first-order chi connectivity index (χ1) is 39.1. The van der Waals surface area contributed by atoms with Crippen LogP contribution in [0.15, 0.2) is 30.3 Å². The second kappa shape index (κ2) is 24.0. The topological polar surface area (TPSA) is 382 Å². The van der Waals surface area contributed by atoms with Crippen molar-refractivity contribution < 1.29 is 123 Å². The van der Waals surface area contributed by atoms with Gasteiger partial charge in [0, 0.05) is 12.3 Å². The number of aliphatic hydroxyl groups excluding tert-OH is 13. The van der Waals surface area contributed by atoms with Gasteiger partial charge in [-0.3, -0.25) is 0 Å². The monoisotopic (exact) mass is 1170 g/mol. The Labute approximate surface area is 475 Å². The summed E-state index contributed by atoms with van der Waals surface area (Å²) in [5.41, 5.74) is -0.343. The van der Waals surface area contributed by atoms with E-state index in [1.165, 1.54) is 12.1 Å². The average Bonchev–Trinajstić information content (AvgIpc) is 2.56. The summed E-state index contributed by atoms with van der Waals surface area (Å²) in [6.07, 6.45) is -31.9. The van der Waals surface area contributed by atoms with Crippen LogP contribution in [0.2, 0.25) is 0 Å². The SMILES string of the molecule is CC1C2C(CC3C4C[C@@H](O)[C@H]5C[C@@H](O[C@@H]6O[C@H](CO)[C@H](O[C@@H]7O[C@H](CO)[C@@H](O)[C@H](O[C@@H]8OC[C@@H](OC(=O)c9ccccc9)[C@H](O)[C@H]8O)[C@H]7O[C@@H]7O[C@H](CO)[C@@H](O)[C@H](O)[C@H]7O)[C@H](O)[C@H]6O)[C@H](O)C[C@]5(C)C4CC[C@@]32C)O[C@]12CC[C@@H](C)CO2. The molecule has 82 heavy (non-hydrogen) atoms. The number of carbonyl (C=O) groups excluding carboxylic acids is 1. The van der Waals surface area contributed by atoms with Crippen LogP contribution in [0.1, 0.15) is 89.4 Å². The van der Waals surface area contributed by atoms with E-state index in [0.717, 1.165) is 32.1 Å². The lowest BCUT2D eigenvalue weighted by molar-refractivity contribution is -0.404. The van der Waals surface area contributed by atoms with Gasteiger partial charge in [0.1, 0.15) is 85.5 Å². The van der Waals surface area contributed by atoms with E-state index in [9.17, 15) is 71.2 Å². The maximum Gasteiger partial charge on any atom is 0.338 e. The van der Waals surface area contributed by atoms with Gasteiger partial charge in [0.2, 0.25) is 0 Å². The van der Waals surface area contributed by atoms with Gasteiger partial charge in [0.25, 0.3) is 0 Å². The molecule has 0 radical (unpaired) electrons. The third-order valence-electron chi connectivity index (χ3n) is 21.3. The van der Waals surface area contributed by atoms with Crippen molar-refractivity contribution in [2.24, 2.45) is 52.3 Å². The Balaban J connectivity index is 0.780. The van der Waals surface area contributed by atoms with Crippen molar-refractivity contribution in [3.05, 3.63) is 35.9 Å². The van der Waals surface area contributed by atoms with Crippen molar-refractivity contribution in [2.45, 2.75) is 226 Å². The number of esters is 1. The van der Waals surface area contributed by atoms with Gasteiger partial charge in [-0.1, -0.05) is 45.9 Å². The Hall–Kier alpha value is -2.23.